The van der Waals surface area contributed by atoms with Crippen molar-refractivity contribution in [3.8, 4) is 17.2 Å². The van der Waals surface area contributed by atoms with Gasteiger partial charge in [-0.3, -0.25) is 9.36 Å². The van der Waals surface area contributed by atoms with E-state index in [1.807, 2.05) is 59.2 Å². The van der Waals surface area contributed by atoms with Crippen molar-refractivity contribution in [1.29, 1.82) is 0 Å². The van der Waals surface area contributed by atoms with Gasteiger partial charge < -0.3 is 15.2 Å². The van der Waals surface area contributed by atoms with Crippen molar-refractivity contribution < 1.29 is 14.6 Å². The highest BCUT2D eigenvalue weighted by atomic mass is 127. The second kappa shape index (κ2) is 13.1. The Morgan fingerprint density at radius 2 is 1.95 bits per heavy atom. The number of nitrogens with one attached hydrogen (secondary N) is 2. The summed E-state index contributed by atoms with van der Waals surface area (Å²) in [6.07, 6.45) is 1.36. The Morgan fingerprint density at radius 3 is 2.66 bits per heavy atom. The van der Waals surface area contributed by atoms with Crippen LogP contribution in [0.3, 0.4) is 0 Å². The van der Waals surface area contributed by atoms with Gasteiger partial charge in [0.15, 0.2) is 22.5 Å². The zero-order valence-corrected chi connectivity index (χ0v) is 25.0. The number of carbonyl (C=O) groups is 1. The molecule has 0 spiro atoms. The van der Waals surface area contributed by atoms with Gasteiger partial charge in [-0.15, -0.1) is 10.2 Å². The quantitative estimate of drug-likeness (QED) is 0.0853. The van der Waals surface area contributed by atoms with E-state index in [1.165, 1.54) is 25.1 Å². The minimum absolute atomic E-state index is 0.0709. The fourth-order valence-corrected chi connectivity index (χ4v) is 5.09. The molecule has 12 heteroatoms. The fraction of sp³-hybridized carbons (Fsp3) is 0.154. The number of rotatable bonds is 10. The normalized spacial score (nSPS) is 11.9. The van der Waals surface area contributed by atoms with Gasteiger partial charge in [-0.1, -0.05) is 45.9 Å². The van der Waals surface area contributed by atoms with Gasteiger partial charge in [0.05, 0.1) is 25.1 Å². The molecule has 196 valence electrons. The number of hydrogen-bond acceptors (Lipinski definition) is 8. The van der Waals surface area contributed by atoms with Crippen molar-refractivity contribution in [3.05, 3.63) is 86.2 Å². The second-order valence-electron chi connectivity index (χ2n) is 7.97. The standard InChI is InChI=1S/C26H24BrIN6O3S/c1-16(25(36)32-30-14-17-12-18(27)13-22(37-2)24(17)35)38-26-33-31-23(34(26)21-6-4-3-5-7-21)15-29-20-10-8-19(28)9-11-20/h3-14,16,29,35H,15H2,1-2H3,(H,32,36)/b30-14+. The first-order valence-corrected chi connectivity index (χ1v) is 14.2. The van der Waals surface area contributed by atoms with E-state index in [0.717, 1.165) is 14.9 Å². The van der Waals surface area contributed by atoms with E-state index in [-0.39, 0.29) is 11.7 Å². The number of aromatic hydroxyl groups is 1. The summed E-state index contributed by atoms with van der Waals surface area (Å²) < 4.78 is 8.94. The summed E-state index contributed by atoms with van der Waals surface area (Å²) in [4.78, 5) is 12.8. The molecule has 0 saturated heterocycles. The molecule has 0 aliphatic heterocycles. The molecule has 0 aliphatic rings. The number of ether oxygens (including phenoxy) is 1. The smallest absolute Gasteiger partial charge is 0.253 e. The average Bonchev–Trinajstić information content (AvgIpc) is 3.32. The summed E-state index contributed by atoms with van der Waals surface area (Å²) in [7, 11) is 1.46. The number of amides is 1. The Hall–Kier alpha value is -3.10. The third-order valence-electron chi connectivity index (χ3n) is 5.33. The van der Waals surface area contributed by atoms with Crippen LogP contribution < -0.4 is 15.5 Å². The molecule has 4 rings (SSSR count). The van der Waals surface area contributed by atoms with Crippen LogP contribution in [0.5, 0.6) is 11.5 Å². The van der Waals surface area contributed by atoms with Crippen molar-refractivity contribution in [2.45, 2.75) is 23.9 Å². The molecule has 1 unspecified atom stereocenters. The number of benzene rings is 3. The summed E-state index contributed by atoms with van der Waals surface area (Å²) in [5, 5.41) is 26.5. The molecule has 1 aromatic heterocycles. The Kier molecular flexibility index (Phi) is 9.63. The summed E-state index contributed by atoms with van der Waals surface area (Å²) in [5.74, 6) is 0.609. The lowest BCUT2D eigenvalue weighted by atomic mass is 10.2. The van der Waals surface area contributed by atoms with Crippen molar-refractivity contribution in [3.63, 3.8) is 0 Å². The van der Waals surface area contributed by atoms with Crippen LogP contribution in [0, 0.1) is 3.57 Å². The number of methoxy groups -OCH3 is 1. The van der Waals surface area contributed by atoms with E-state index in [2.05, 4.69) is 64.6 Å². The van der Waals surface area contributed by atoms with Crippen molar-refractivity contribution in [2.75, 3.05) is 12.4 Å². The van der Waals surface area contributed by atoms with E-state index in [9.17, 15) is 9.90 Å². The van der Waals surface area contributed by atoms with Crippen LogP contribution in [0.4, 0.5) is 5.69 Å². The largest absolute Gasteiger partial charge is 0.504 e. The first kappa shape index (κ1) is 27.9. The minimum atomic E-state index is -0.526. The highest BCUT2D eigenvalue weighted by Crippen LogP contribution is 2.32. The molecule has 1 atom stereocenters. The van der Waals surface area contributed by atoms with Crippen LogP contribution >= 0.6 is 50.3 Å². The lowest BCUT2D eigenvalue weighted by molar-refractivity contribution is -0.120. The van der Waals surface area contributed by atoms with Crippen molar-refractivity contribution in [2.24, 2.45) is 5.10 Å². The summed E-state index contributed by atoms with van der Waals surface area (Å²) >= 11 is 6.90. The molecule has 9 nitrogen and oxygen atoms in total. The Balaban J connectivity index is 1.47. The molecule has 0 saturated carbocycles. The van der Waals surface area contributed by atoms with E-state index < -0.39 is 5.25 Å². The lowest BCUT2D eigenvalue weighted by Crippen LogP contribution is -2.27. The average molecular weight is 707 g/mol. The van der Waals surface area contributed by atoms with Gasteiger partial charge in [0.2, 0.25) is 0 Å². The third kappa shape index (κ3) is 7.05. The maximum absolute atomic E-state index is 12.8. The Morgan fingerprint density at radius 1 is 1.21 bits per heavy atom. The van der Waals surface area contributed by atoms with E-state index in [1.54, 1.807) is 19.1 Å². The molecule has 1 heterocycles. The van der Waals surface area contributed by atoms with Crippen molar-refractivity contribution >= 4 is 68.1 Å². The van der Waals surface area contributed by atoms with Gasteiger partial charge in [0.1, 0.15) is 0 Å². The van der Waals surface area contributed by atoms with Crippen LogP contribution in [0.15, 0.2) is 81.5 Å². The molecule has 3 N–H and O–H groups in total. The van der Waals surface area contributed by atoms with Crippen molar-refractivity contribution in [1.82, 2.24) is 20.2 Å². The first-order valence-electron chi connectivity index (χ1n) is 11.4. The molecule has 0 aliphatic carbocycles. The van der Waals surface area contributed by atoms with Gasteiger partial charge in [0.25, 0.3) is 5.91 Å². The number of thioether (sulfide) groups is 1. The van der Waals surface area contributed by atoms with Crippen LogP contribution in [0.1, 0.15) is 18.3 Å². The molecule has 4 aromatic rings. The Bertz CT molecular complexity index is 1430. The number of phenols is 1. The number of hydrogen-bond donors (Lipinski definition) is 3. The number of halogens is 2. The van der Waals surface area contributed by atoms with Crippen LogP contribution in [0.2, 0.25) is 0 Å². The van der Waals surface area contributed by atoms with Gasteiger partial charge >= 0.3 is 0 Å². The zero-order chi connectivity index (χ0) is 27.1. The number of anilines is 1. The lowest BCUT2D eigenvalue weighted by Gasteiger charge is -2.13. The molecule has 1 amide bonds. The summed E-state index contributed by atoms with van der Waals surface area (Å²) in [6.45, 7) is 2.22. The molecule has 0 radical (unpaired) electrons. The molecule has 3 aromatic carbocycles. The van der Waals surface area contributed by atoms with Gasteiger partial charge in [-0.05, 0) is 78.0 Å². The van der Waals surface area contributed by atoms with Gasteiger partial charge in [-0.2, -0.15) is 5.10 Å². The molecule has 38 heavy (non-hydrogen) atoms. The second-order valence-corrected chi connectivity index (χ2v) is 11.4. The molecular weight excluding hydrogens is 683 g/mol. The predicted octanol–water partition coefficient (Wildman–Crippen LogP) is 5.59. The predicted molar refractivity (Wildman–Crippen MR) is 161 cm³/mol. The van der Waals surface area contributed by atoms with Crippen LogP contribution in [-0.2, 0) is 11.3 Å². The third-order valence-corrected chi connectivity index (χ3v) is 7.55. The van der Waals surface area contributed by atoms with Crippen LogP contribution in [-0.4, -0.2) is 44.4 Å². The van der Waals surface area contributed by atoms with Gasteiger partial charge in [0, 0.05) is 25.0 Å². The van der Waals surface area contributed by atoms with E-state index in [0.29, 0.717) is 33.3 Å². The number of carbonyl (C=O) groups excluding carboxylic acids is 1. The van der Waals surface area contributed by atoms with E-state index >= 15 is 0 Å². The van der Waals surface area contributed by atoms with E-state index in [4.69, 9.17) is 4.74 Å². The van der Waals surface area contributed by atoms with Crippen LogP contribution in [0.25, 0.3) is 5.69 Å². The Labute approximate surface area is 246 Å². The highest BCUT2D eigenvalue weighted by Gasteiger charge is 2.21. The zero-order valence-electron chi connectivity index (χ0n) is 20.4. The first-order chi connectivity index (χ1) is 18.4. The highest BCUT2D eigenvalue weighted by molar-refractivity contribution is 14.1. The maximum atomic E-state index is 12.8. The van der Waals surface area contributed by atoms with Gasteiger partial charge in [-0.25, -0.2) is 5.43 Å². The number of phenolic OH excluding ortho intramolecular Hbond substituents is 1. The minimum Gasteiger partial charge on any atom is -0.504 e. The SMILES string of the molecule is COc1cc(Br)cc(/C=N/NC(=O)C(C)Sc2nnc(CNc3ccc(I)cc3)n2-c2ccccc2)c1O. The maximum Gasteiger partial charge on any atom is 0.253 e. The number of aromatic nitrogens is 3. The molecule has 0 fully saturated rings. The number of nitrogens with zero attached hydrogens (tertiary/aromatic N) is 4. The number of para-hydroxylation sites is 1. The topological polar surface area (TPSA) is 114 Å². The molecule has 0 bridgehead atoms. The summed E-state index contributed by atoms with van der Waals surface area (Å²) in [5.41, 5.74) is 4.79. The summed E-state index contributed by atoms with van der Waals surface area (Å²) in [6, 6.07) is 21.1. The number of hydrazone groups is 1. The monoisotopic (exact) mass is 706 g/mol. The fourth-order valence-electron chi connectivity index (χ4n) is 3.39. The molecular formula is C26H24BrIN6O3S.